The molecule has 0 aliphatic rings. The first-order valence-electron chi connectivity index (χ1n) is 29.0. The molecule has 0 radical (unpaired) electrons. The maximum Gasteiger partial charge on any atom is 0.305 e. The summed E-state index contributed by atoms with van der Waals surface area (Å²) < 4.78 is 5.51. The zero-order chi connectivity index (χ0) is 43.2. The Bertz CT molecular complexity index is 747. The average molecular weight is 846 g/mol. The molecular weight excluding hydrogens is 729 g/mol. The van der Waals surface area contributed by atoms with Crippen molar-refractivity contribution in [1.82, 2.24) is 0 Å². The standard InChI is InChI=1S/C58H116O2/c1-3-5-7-9-11-13-15-17-19-21-23-25-27-28-29-30-31-32-33-34-35-36-38-40-42-44-46-48-50-52-54-56-58(59)60-57-55-53-51-49-47-45-43-41-39-37-26-24-22-20-18-16-14-12-10-8-6-4-2/h3-57H2,1-2H3. The summed E-state index contributed by atoms with van der Waals surface area (Å²) in [7, 11) is 0. The summed E-state index contributed by atoms with van der Waals surface area (Å²) in [6.45, 7) is 5.25. The predicted molar refractivity (Wildman–Crippen MR) is 272 cm³/mol. The van der Waals surface area contributed by atoms with Gasteiger partial charge in [0.2, 0.25) is 0 Å². The Hall–Kier alpha value is -0.530. The highest BCUT2D eigenvalue weighted by Crippen LogP contribution is 2.18. The highest BCUT2D eigenvalue weighted by atomic mass is 16.5. The molecule has 60 heavy (non-hydrogen) atoms. The predicted octanol–water partition coefficient (Wildman–Crippen LogP) is 21.6. The molecule has 0 heterocycles. The van der Waals surface area contributed by atoms with E-state index in [1.165, 1.54) is 327 Å². The van der Waals surface area contributed by atoms with Crippen molar-refractivity contribution in [1.29, 1.82) is 0 Å². The van der Waals surface area contributed by atoms with Crippen molar-refractivity contribution in [3.63, 3.8) is 0 Å². The summed E-state index contributed by atoms with van der Waals surface area (Å²) in [4.78, 5) is 12.1. The van der Waals surface area contributed by atoms with Crippen molar-refractivity contribution >= 4 is 5.97 Å². The van der Waals surface area contributed by atoms with Crippen molar-refractivity contribution in [3.8, 4) is 0 Å². The van der Waals surface area contributed by atoms with Crippen LogP contribution in [0.1, 0.15) is 361 Å². The molecule has 2 nitrogen and oxygen atoms in total. The summed E-state index contributed by atoms with van der Waals surface area (Å²) >= 11 is 0. The largest absolute Gasteiger partial charge is 0.466 e. The summed E-state index contributed by atoms with van der Waals surface area (Å²) in [5, 5.41) is 0. The minimum Gasteiger partial charge on any atom is -0.466 e. The van der Waals surface area contributed by atoms with Gasteiger partial charge in [0.15, 0.2) is 0 Å². The normalized spacial score (nSPS) is 11.6. The van der Waals surface area contributed by atoms with Gasteiger partial charge in [-0.2, -0.15) is 0 Å². The molecule has 0 unspecified atom stereocenters. The summed E-state index contributed by atoms with van der Waals surface area (Å²) in [5.41, 5.74) is 0. The highest BCUT2D eigenvalue weighted by Gasteiger charge is 2.03. The van der Waals surface area contributed by atoms with E-state index in [9.17, 15) is 4.79 Å². The van der Waals surface area contributed by atoms with E-state index in [-0.39, 0.29) is 5.97 Å². The van der Waals surface area contributed by atoms with Gasteiger partial charge < -0.3 is 4.74 Å². The van der Waals surface area contributed by atoms with Crippen LogP contribution in [-0.4, -0.2) is 12.6 Å². The fourth-order valence-electron chi connectivity index (χ4n) is 9.44. The monoisotopic (exact) mass is 845 g/mol. The molecule has 0 aromatic carbocycles. The fourth-order valence-corrected chi connectivity index (χ4v) is 9.44. The van der Waals surface area contributed by atoms with Gasteiger partial charge in [-0.05, 0) is 12.8 Å². The third-order valence-electron chi connectivity index (χ3n) is 13.7. The Balaban J connectivity index is 3.14. The lowest BCUT2D eigenvalue weighted by Crippen LogP contribution is -2.05. The molecule has 360 valence electrons. The minimum absolute atomic E-state index is 0.0360. The van der Waals surface area contributed by atoms with Gasteiger partial charge in [0.1, 0.15) is 0 Å². The topological polar surface area (TPSA) is 26.3 Å². The van der Waals surface area contributed by atoms with Crippen LogP contribution in [-0.2, 0) is 9.53 Å². The molecule has 0 bridgehead atoms. The lowest BCUT2D eigenvalue weighted by molar-refractivity contribution is -0.143. The Morgan fingerprint density at radius 2 is 0.367 bits per heavy atom. The molecule has 0 fully saturated rings. The molecule has 0 aromatic rings. The maximum absolute atomic E-state index is 12.1. The second-order valence-corrected chi connectivity index (χ2v) is 20.0. The van der Waals surface area contributed by atoms with Crippen LogP contribution in [0.25, 0.3) is 0 Å². The van der Waals surface area contributed by atoms with Crippen LogP contribution >= 0.6 is 0 Å². The molecule has 0 saturated carbocycles. The van der Waals surface area contributed by atoms with Gasteiger partial charge in [-0.3, -0.25) is 4.79 Å². The van der Waals surface area contributed by atoms with E-state index in [4.69, 9.17) is 4.74 Å². The van der Waals surface area contributed by atoms with E-state index >= 15 is 0 Å². The molecule has 0 spiro atoms. The maximum atomic E-state index is 12.1. The SMILES string of the molecule is CCCCCCCCCCCCCCCCCCCCCCCCCCCCCCCCCC(=O)OCCCCCCCCCCCCCCCCCCCCCCCC. The van der Waals surface area contributed by atoms with Crippen LogP contribution in [0.4, 0.5) is 0 Å². The number of hydrogen-bond acceptors (Lipinski definition) is 2. The van der Waals surface area contributed by atoms with Gasteiger partial charge in [-0.15, -0.1) is 0 Å². The number of carbonyl (C=O) groups excluding carboxylic acids is 1. The van der Waals surface area contributed by atoms with Gasteiger partial charge in [0, 0.05) is 6.42 Å². The smallest absolute Gasteiger partial charge is 0.305 e. The number of carbonyl (C=O) groups is 1. The lowest BCUT2D eigenvalue weighted by Gasteiger charge is -2.06. The van der Waals surface area contributed by atoms with E-state index in [0.29, 0.717) is 13.0 Å². The molecule has 0 rings (SSSR count). The van der Waals surface area contributed by atoms with Gasteiger partial charge in [-0.25, -0.2) is 0 Å². The van der Waals surface area contributed by atoms with Crippen molar-refractivity contribution < 1.29 is 9.53 Å². The average Bonchev–Trinajstić information content (AvgIpc) is 3.25. The van der Waals surface area contributed by atoms with Crippen LogP contribution in [0, 0.1) is 0 Å². The fraction of sp³-hybridized carbons (Fsp3) is 0.983. The molecule has 0 saturated heterocycles. The molecule has 0 N–H and O–H groups in total. The molecule has 0 aliphatic heterocycles. The Kier molecular flexibility index (Phi) is 56.0. The quantitative estimate of drug-likeness (QED) is 0.0450. The second kappa shape index (κ2) is 56.5. The first-order chi connectivity index (χ1) is 29.8. The summed E-state index contributed by atoms with van der Waals surface area (Å²) in [5.74, 6) is 0.0360. The van der Waals surface area contributed by atoms with Crippen LogP contribution in [0.3, 0.4) is 0 Å². The van der Waals surface area contributed by atoms with Crippen molar-refractivity contribution in [2.75, 3.05) is 6.61 Å². The van der Waals surface area contributed by atoms with Gasteiger partial charge in [0.05, 0.1) is 6.61 Å². The summed E-state index contributed by atoms with van der Waals surface area (Å²) in [6, 6.07) is 0. The molecular formula is C58H116O2. The van der Waals surface area contributed by atoms with Crippen LogP contribution in [0.5, 0.6) is 0 Å². The van der Waals surface area contributed by atoms with E-state index in [1.807, 2.05) is 0 Å². The van der Waals surface area contributed by atoms with Crippen LogP contribution in [0.2, 0.25) is 0 Å². The molecule has 0 amide bonds. The highest BCUT2D eigenvalue weighted by molar-refractivity contribution is 5.69. The van der Waals surface area contributed by atoms with Crippen molar-refractivity contribution in [2.24, 2.45) is 0 Å². The van der Waals surface area contributed by atoms with Crippen LogP contribution in [0.15, 0.2) is 0 Å². The zero-order valence-corrected chi connectivity index (χ0v) is 42.2. The number of esters is 1. The van der Waals surface area contributed by atoms with Crippen LogP contribution < -0.4 is 0 Å². The molecule has 0 aromatic heterocycles. The lowest BCUT2D eigenvalue weighted by atomic mass is 10.0. The zero-order valence-electron chi connectivity index (χ0n) is 42.2. The molecule has 2 heteroatoms. The first kappa shape index (κ1) is 59.5. The van der Waals surface area contributed by atoms with E-state index in [2.05, 4.69) is 13.8 Å². The first-order valence-corrected chi connectivity index (χ1v) is 29.0. The second-order valence-electron chi connectivity index (χ2n) is 20.0. The number of ether oxygens (including phenoxy) is 1. The van der Waals surface area contributed by atoms with Crippen molar-refractivity contribution in [3.05, 3.63) is 0 Å². The molecule has 0 aliphatic carbocycles. The number of rotatable bonds is 55. The third-order valence-corrected chi connectivity index (χ3v) is 13.7. The van der Waals surface area contributed by atoms with E-state index < -0.39 is 0 Å². The van der Waals surface area contributed by atoms with E-state index in [1.54, 1.807) is 0 Å². The van der Waals surface area contributed by atoms with Gasteiger partial charge in [-0.1, -0.05) is 341 Å². The van der Waals surface area contributed by atoms with E-state index in [0.717, 1.165) is 12.8 Å². The summed E-state index contributed by atoms with van der Waals surface area (Å²) in [6.07, 6.45) is 75.8. The Morgan fingerprint density at radius 3 is 0.550 bits per heavy atom. The number of unbranched alkanes of at least 4 members (excludes halogenated alkanes) is 51. The van der Waals surface area contributed by atoms with Gasteiger partial charge >= 0.3 is 5.97 Å². The minimum atomic E-state index is 0.0360. The Morgan fingerprint density at radius 1 is 0.217 bits per heavy atom. The third kappa shape index (κ3) is 55.5. The Labute approximate surface area is 381 Å². The number of hydrogen-bond donors (Lipinski definition) is 0. The molecule has 0 atom stereocenters. The van der Waals surface area contributed by atoms with Gasteiger partial charge in [0.25, 0.3) is 0 Å². The van der Waals surface area contributed by atoms with Crippen molar-refractivity contribution in [2.45, 2.75) is 361 Å².